The zero-order valence-corrected chi connectivity index (χ0v) is 12.6. The highest BCUT2D eigenvalue weighted by atomic mass is 35.5. The van der Waals surface area contributed by atoms with E-state index in [9.17, 15) is 8.42 Å². The van der Waals surface area contributed by atoms with Crippen LogP contribution in [0.25, 0.3) is 0 Å². The van der Waals surface area contributed by atoms with E-state index in [0.29, 0.717) is 6.42 Å². The van der Waals surface area contributed by atoms with Gasteiger partial charge < -0.3 is 0 Å². The van der Waals surface area contributed by atoms with Gasteiger partial charge in [0.1, 0.15) is 10.0 Å². The van der Waals surface area contributed by atoms with Crippen molar-refractivity contribution in [2.45, 2.75) is 11.3 Å². The van der Waals surface area contributed by atoms with Gasteiger partial charge in [0.25, 0.3) is 0 Å². The third-order valence-corrected chi connectivity index (χ3v) is 4.62. The summed E-state index contributed by atoms with van der Waals surface area (Å²) in [4.78, 5) is 7.66. The van der Waals surface area contributed by atoms with Gasteiger partial charge in [-0.05, 0) is 24.1 Å². The second-order valence-electron chi connectivity index (χ2n) is 3.95. The molecule has 0 unspecified atom stereocenters. The summed E-state index contributed by atoms with van der Waals surface area (Å²) < 4.78 is 26.5. The molecule has 0 saturated carbocycles. The molecule has 0 bridgehead atoms. The Balaban J connectivity index is 2.02. The molecule has 2 heterocycles. The number of hydrogen-bond acceptors (Lipinski definition) is 4. The first-order valence-electron chi connectivity index (χ1n) is 5.68. The summed E-state index contributed by atoms with van der Waals surface area (Å²) in [6.07, 6.45) is 5.06. The number of halogens is 2. The second-order valence-corrected chi connectivity index (χ2v) is 6.48. The summed E-state index contributed by atoms with van der Waals surface area (Å²) in [7, 11) is -3.65. The molecule has 0 radical (unpaired) electrons. The van der Waals surface area contributed by atoms with Gasteiger partial charge in [0.05, 0.1) is 5.02 Å². The molecule has 0 aliphatic heterocycles. The van der Waals surface area contributed by atoms with E-state index in [2.05, 4.69) is 14.7 Å². The van der Waals surface area contributed by atoms with Crippen LogP contribution in [-0.4, -0.2) is 24.9 Å². The third-order valence-electron chi connectivity index (χ3n) is 2.51. The average Bonchev–Trinajstić information content (AvgIpc) is 2.43. The van der Waals surface area contributed by atoms with Gasteiger partial charge in [0, 0.05) is 25.1 Å². The maximum atomic E-state index is 12.0. The van der Waals surface area contributed by atoms with Crippen LogP contribution in [-0.2, 0) is 16.4 Å². The minimum absolute atomic E-state index is 0.0157. The molecule has 0 amide bonds. The van der Waals surface area contributed by atoms with Crippen molar-refractivity contribution in [3.8, 4) is 0 Å². The molecular weight excluding hydrogens is 321 g/mol. The van der Waals surface area contributed by atoms with E-state index in [4.69, 9.17) is 23.2 Å². The Labute approximate surface area is 127 Å². The number of hydrogen-bond donors (Lipinski definition) is 1. The number of nitrogens with zero attached hydrogens (tertiary/aromatic N) is 2. The van der Waals surface area contributed by atoms with Gasteiger partial charge in [-0.3, -0.25) is 4.98 Å². The smallest absolute Gasteiger partial charge is 0.242 e. The lowest BCUT2D eigenvalue weighted by Crippen LogP contribution is -2.26. The minimum Gasteiger partial charge on any atom is -0.264 e. The predicted octanol–water partition coefficient (Wildman–Crippen LogP) is 2.30. The Morgan fingerprint density at radius 3 is 2.70 bits per heavy atom. The zero-order chi connectivity index (χ0) is 14.6. The van der Waals surface area contributed by atoms with Gasteiger partial charge in [0.15, 0.2) is 0 Å². The Hall–Kier alpha value is -1.21. The van der Waals surface area contributed by atoms with Crippen LogP contribution in [0.2, 0.25) is 10.2 Å². The molecule has 20 heavy (non-hydrogen) atoms. The molecule has 0 fully saturated rings. The van der Waals surface area contributed by atoms with Crippen molar-refractivity contribution in [3.63, 3.8) is 0 Å². The lowest BCUT2D eigenvalue weighted by Gasteiger charge is -2.07. The van der Waals surface area contributed by atoms with Crippen LogP contribution in [0.5, 0.6) is 0 Å². The largest absolute Gasteiger partial charge is 0.264 e. The first-order valence-corrected chi connectivity index (χ1v) is 7.92. The Kier molecular flexibility index (Phi) is 4.93. The lowest BCUT2D eigenvalue weighted by molar-refractivity contribution is 0.581. The molecule has 2 aromatic heterocycles. The van der Waals surface area contributed by atoms with Crippen molar-refractivity contribution in [3.05, 3.63) is 52.5 Å². The summed E-state index contributed by atoms with van der Waals surface area (Å²) in [6, 6.07) is 4.94. The molecule has 0 aliphatic rings. The van der Waals surface area contributed by atoms with Crippen LogP contribution in [0, 0.1) is 0 Å². The summed E-state index contributed by atoms with van der Waals surface area (Å²) >= 11 is 11.4. The highest BCUT2D eigenvalue weighted by Crippen LogP contribution is 2.21. The fourth-order valence-corrected chi connectivity index (χ4v) is 2.85. The van der Waals surface area contributed by atoms with Gasteiger partial charge in [-0.2, -0.15) is 0 Å². The fourth-order valence-electron chi connectivity index (χ4n) is 1.51. The van der Waals surface area contributed by atoms with Crippen molar-refractivity contribution in [1.29, 1.82) is 0 Å². The molecule has 106 valence electrons. The molecule has 0 saturated heterocycles. The van der Waals surface area contributed by atoms with Crippen molar-refractivity contribution in [2.75, 3.05) is 6.54 Å². The SMILES string of the molecule is O=S(=O)(NCCc1cccnc1)c1cnc(Cl)c(Cl)c1. The standard InChI is InChI=1S/C12H11Cl2N3O2S/c13-11-6-10(8-16-12(11)14)20(18,19)17-5-3-9-2-1-4-15-7-9/h1-2,4,6-8,17H,3,5H2. The molecule has 1 N–H and O–H groups in total. The molecule has 0 atom stereocenters. The van der Waals surface area contributed by atoms with Crippen LogP contribution >= 0.6 is 23.2 Å². The zero-order valence-electron chi connectivity index (χ0n) is 10.3. The van der Waals surface area contributed by atoms with Crippen LogP contribution in [0.15, 0.2) is 41.7 Å². The van der Waals surface area contributed by atoms with Crippen molar-refractivity contribution >= 4 is 33.2 Å². The first kappa shape index (κ1) is 15.2. The van der Waals surface area contributed by atoms with Crippen LogP contribution in [0.1, 0.15) is 5.56 Å². The normalized spacial score (nSPS) is 11.5. The van der Waals surface area contributed by atoms with Gasteiger partial charge in [0.2, 0.25) is 10.0 Å². The monoisotopic (exact) mass is 331 g/mol. The number of sulfonamides is 1. The molecule has 0 aromatic carbocycles. The quantitative estimate of drug-likeness (QED) is 0.853. The van der Waals surface area contributed by atoms with Crippen molar-refractivity contribution in [1.82, 2.24) is 14.7 Å². The van der Waals surface area contributed by atoms with Crippen LogP contribution < -0.4 is 4.72 Å². The summed E-state index contributed by atoms with van der Waals surface area (Å²) in [5.74, 6) is 0. The maximum absolute atomic E-state index is 12.0. The van der Waals surface area contributed by atoms with E-state index in [-0.39, 0.29) is 21.6 Å². The van der Waals surface area contributed by atoms with E-state index in [1.165, 1.54) is 12.3 Å². The van der Waals surface area contributed by atoms with Gasteiger partial charge in [-0.15, -0.1) is 0 Å². The molecule has 0 aliphatic carbocycles. The summed E-state index contributed by atoms with van der Waals surface area (Å²) in [6.45, 7) is 0.258. The third kappa shape index (κ3) is 3.89. The molecule has 2 aromatic rings. The molecule has 8 heteroatoms. The molecular formula is C12H11Cl2N3O2S. The average molecular weight is 332 g/mol. The Morgan fingerprint density at radius 1 is 1.25 bits per heavy atom. The first-order chi connectivity index (χ1) is 9.49. The number of aromatic nitrogens is 2. The molecule has 2 rings (SSSR count). The lowest BCUT2D eigenvalue weighted by atomic mass is 10.2. The fraction of sp³-hybridized carbons (Fsp3) is 0.167. The van der Waals surface area contributed by atoms with E-state index in [1.807, 2.05) is 6.07 Å². The highest BCUT2D eigenvalue weighted by molar-refractivity contribution is 7.89. The van der Waals surface area contributed by atoms with E-state index in [1.54, 1.807) is 18.5 Å². The highest BCUT2D eigenvalue weighted by Gasteiger charge is 2.15. The van der Waals surface area contributed by atoms with E-state index < -0.39 is 10.0 Å². The van der Waals surface area contributed by atoms with E-state index >= 15 is 0 Å². The predicted molar refractivity (Wildman–Crippen MR) is 77.4 cm³/mol. The van der Waals surface area contributed by atoms with Crippen LogP contribution in [0.4, 0.5) is 0 Å². The Morgan fingerprint density at radius 2 is 2.05 bits per heavy atom. The topological polar surface area (TPSA) is 72.0 Å². The van der Waals surface area contributed by atoms with E-state index in [0.717, 1.165) is 5.56 Å². The Bertz CT molecular complexity index is 693. The van der Waals surface area contributed by atoms with Crippen molar-refractivity contribution < 1.29 is 8.42 Å². The summed E-state index contributed by atoms with van der Waals surface area (Å²) in [5, 5.41) is 0.169. The van der Waals surface area contributed by atoms with Gasteiger partial charge in [-0.25, -0.2) is 18.1 Å². The second kappa shape index (κ2) is 6.49. The summed E-state index contributed by atoms with van der Waals surface area (Å²) in [5.41, 5.74) is 0.947. The molecule has 0 spiro atoms. The number of pyridine rings is 2. The van der Waals surface area contributed by atoms with Crippen LogP contribution in [0.3, 0.4) is 0 Å². The minimum atomic E-state index is -3.65. The maximum Gasteiger partial charge on any atom is 0.242 e. The molecule has 5 nitrogen and oxygen atoms in total. The van der Waals surface area contributed by atoms with Gasteiger partial charge in [-0.1, -0.05) is 29.3 Å². The van der Waals surface area contributed by atoms with Gasteiger partial charge >= 0.3 is 0 Å². The number of nitrogens with one attached hydrogen (secondary N) is 1. The number of rotatable bonds is 5. The van der Waals surface area contributed by atoms with Crippen molar-refractivity contribution in [2.24, 2.45) is 0 Å².